The van der Waals surface area contributed by atoms with Gasteiger partial charge in [0, 0.05) is 11.8 Å². The average molecular weight is 335 g/mol. The number of rotatable bonds is 2. The molecule has 24 heavy (non-hydrogen) atoms. The fourth-order valence-electron chi connectivity index (χ4n) is 5.40. The van der Waals surface area contributed by atoms with Crippen molar-refractivity contribution in [3.8, 4) is 0 Å². The number of alkyl halides is 1. The van der Waals surface area contributed by atoms with Gasteiger partial charge in [-0.05, 0) is 24.5 Å². The van der Waals surface area contributed by atoms with Crippen molar-refractivity contribution in [2.24, 2.45) is 22.1 Å². The maximum absolute atomic E-state index is 7.39. The summed E-state index contributed by atoms with van der Waals surface area (Å²) in [6, 6.07) is 21.0. The van der Waals surface area contributed by atoms with E-state index in [1.165, 1.54) is 11.1 Å². The summed E-state index contributed by atoms with van der Waals surface area (Å²) >= 11 is 7.39. The molecule has 5 atom stereocenters. The number of nitrogens with zero attached hydrogens (tertiary/aromatic N) is 2. The van der Waals surface area contributed by atoms with Crippen molar-refractivity contribution in [1.29, 1.82) is 0 Å². The van der Waals surface area contributed by atoms with Gasteiger partial charge in [-0.1, -0.05) is 72.8 Å². The summed E-state index contributed by atoms with van der Waals surface area (Å²) in [6.45, 7) is 2.14. The third kappa shape index (κ3) is 1.37. The van der Waals surface area contributed by atoms with E-state index in [1.54, 1.807) is 0 Å². The first-order chi connectivity index (χ1) is 11.6. The molecule has 3 heteroatoms. The average Bonchev–Trinajstić information content (AvgIpc) is 3.24. The normalized spacial score (nSPS) is 41.8. The molecule has 3 aliphatic rings. The standard InChI is InChI=1S/C21H19ClN2/c1-19(22)20(15-9-4-2-5-10-15)17-13-8-14-18(17)21(19,24-23-20)16-11-6-3-7-12-16/h2-13,17-18H,14H2,1H3/t17-,18+,19+,20-,21+/m0/s1. The molecule has 2 aliphatic carbocycles. The second-order valence-electron chi connectivity index (χ2n) is 7.26. The van der Waals surface area contributed by atoms with Crippen LogP contribution in [0, 0.1) is 11.8 Å². The highest BCUT2D eigenvalue weighted by atomic mass is 35.5. The van der Waals surface area contributed by atoms with Gasteiger partial charge < -0.3 is 0 Å². The van der Waals surface area contributed by atoms with Crippen molar-refractivity contribution in [3.05, 3.63) is 83.9 Å². The first-order valence-electron chi connectivity index (χ1n) is 8.55. The number of benzene rings is 2. The van der Waals surface area contributed by atoms with Gasteiger partial charge in [0.1, 0.15) is 16.0 Å². The molecule has 0 unspecified atom stereocenters. The maximum Gasteiger partial charge on any atom is 0.135 e. The highest BCUT2D eigenvalue weighted by Gasteiger charge is 2.79. The summed E-state index contributed by atoms with van der Waals surface area (Å²) in [5.74, 6) is 0.653. The van der Waals surface area contributed by atoms with Crippen molar-refractivity contribution in [2.75, 3.05) is 0 Å². The number of allylic oxidation sites excluding steroid dienone is 1. The van der Waals surface area contributed by atoms with Crippen LogP contribution in [0.2, 0.25) is 0 Å². The van der Waals surface area contributed by atoms with Crippen LogP contribution in [0.4, 0.5) is 0 Å². The van der Waals surface area contributed by atoms with Gasteiger partial charge in [-0.25, -0.2) is 0 Å². The Morgan fingerprint density at radius 3 is 2.04 bits per heavy atom. The molecule has 2 aromatic carbocycles. The van der Waals surface area contributed by atoms with Gasteiger partial charge in [-0.2, -0.15) is 10.2 Å². The quantitative estimate of drug-likeness (QED) is 0.515. The lowest BCUT2D eigenvalue weighted by Crippen LogP contribution is -2.48. The SMILES string of the molecule is C[C@]1(Cl)[C@]2(c3ccccc3)N=N[C@@]1(c1ccccc1)[C@H]1C=CC[C@H]12. The highest BCUT2D eigenvalue weighted by molar-refractivity contribution is 6.26. The maximum atomic E-state index is 7.39. The van der Waals surface area contributed by atoms with Crippen LogP contribution in [-0.4, -0.2) is 4.87 Å². The largest absolute Gasteiger partial charge is 0.179 e. The predicted octanol–water partition coefficient (Wildman–Crippen LogP) is 5.45. The Kier molecular flexibility index (Phi) is 2.75. The van der Waals surface area contributed by atoms with E-state index in [4.69, 9.17) is 21.8 Å². The monoisotopic (exact) mass is 334 g/mol. The Labute approximate surface area is 147 Å². The van der Waals surface area contributed by atoms with E-state index in [2.05, 4.69) is 67.6 Å². The molecule has 0 spiro atoms. The Bertz CT molecular complexity index is 843. The summed E-state index contributed by atoms with van der Waals surface area (Å²) in [6.07, 6.45) is 5.61. The molecular weight excluding hydrogens is 316 g/mol. The van der Waals surface area contributed by atoms with Crippen molar-refractivity contribution in [3.63, 3.8) is 0 Å². The first-order valence-corrected chi connectivity index (χ1v) is 8.93. The molecule has 5 rings (SSSR count). The highest BCUT2D eigenvalue weighted by Crippen LogP contribution is 2.74. The Hall–Kier alpha value is -1.93. The molecule has 0 N–H and O–H groups in total. The van der Waals surface area contributed by atoms with Crippen molar-refractivity contribution in [1.82, 2.24) is 0 Å². The lowest BCUT2D eigenvalue weighted by atomic mass is 9.72. The molecule has 1 heterocycles. The van der Waals surface area contributed by atoms with Crippen molar-refractivity contribution >= 4 is 11.6 Å². The van der Waals surface area contributed by atoms with E-state index in [9.17, 15) is 0 Å². The third-order valence-corrected chi connectivity index (χ3v) is 6.99. The van der Waals surface area contributed by atoms with Crippen LogP contribution in [0.5, 0.6) is 0 Å². The van der Waals surface area contributed by atoms with Gasteiger partial charge in [0.05, 0.1) is 0 Å². The summed E-state index contributed by atoms with van der Waals surface area (Å²) in [4.78, 5) is -0.594. The molecule has 0 aromatic heterocycles. The van der Waals surface area contributed by atoms with Crippen molar-refractivity contribution < 1.29 is 0 Å². The summed E-state index contributed by atoms with van der Waals surface area (Å²) in [5.41, 5.74) is 1.38. The molecule has 2 nitrogen and oxygen atoms in total. The second-order valence-corrected chi connectivity index (χ2v) is 8.02. The lowest BCUT2D eigenvalue weighted by Gasteiger charge is -2.39. The second kappa shape index (κ2) is 4.58. The van der Waals surface area contributed by atoms with Gasteiger partial charge >= 0.3 is 0 Å². The van der Waals surface area contributed by atoms with Crippen LogP contribution in [-0.2, 0) is 11.1 Å². The van der Waals surface area contributed by atoms with E-state index in [1.807, 2.05) is 12.1 Å². The molecule has 1 saturated carbocycles. The predicted molar refractivity (Wildman–Crippen MR) is 96.1 cm³/mol. The van der Waals surface area contributed by atoms with Crippen LogP contribution in [0.15, 0.2) is 83.0 Å². The molecule has 0 radical (unpaired) electrons. The van der Waals surface area contributed by atoms with Crippen LogP contribution >= 0.6 is 11.6 Å². The zero-order chi connectivity index (χ0) is 16.4. The number of hydrogen-bond acceptors (Lipinski definition) is 2. The first kappa shape index (κ1) is 14.4. The van der Waals surface area contributed by atoms with Crippen LogP contribution in [0.1, 0.15) is 24.5 Å². The minimum atomic E-state index is -0.594. The van der Waals surface area contributed by atoms with Gasteiger partial charge in [-0.15, -0.1) is 11.6 Å². The molecule has 2 aromatic rings. The molecule has 120 valence electrons. The van der Waals surface area contributed by atoms with E-state index in [-0.39, 0.29) is 0 Å². The number of azo groups is 1. The summed E-state index contributed by atoms with van der Waals surface area (Å²) in [5, 5.41) is 9.79. The Morgan fingerprint density at radius 1 is 0.875 bits per heavy atom. The molecular formula is C21H19ClN2. The molecule has 1 fully saturated rings. The smallest absolute Gasteiger partial charge is 0.135 e. The van der Waals surface area contributed by atoms with E-state index < -0.39 is 16.0 Å². The van der Waals surface area contributed by atoms with E-state index >= 15 is 0 Å². The van der Waals surface area contributed by atoms with Gasteiger partial charge in [-0.3, -0.25) is 0 Å². The van der Waals surface area contributed by atoms with E-state index in [0.29, 0.717) is 11.8 Å². The van der Waals surface area contributed by atoms with Crippen LogP contribution in [0.25, 0.3) is 0 Å². The van der Waals surface area contributed by atoms with E-state index in [0.717, 1.165) is 6.42 Å². The summed E-state index contributed by atoms with van der Waals surface area (Å²) in [7, 11) is 0. The fraction of sp³-hybridized carbons (Fsp3) is 0.333. The molecule has 0 amide bonds. The van der Waals surface area contributed by atoms with Crippen LogP contribution < -0.4 is 0 Å². The zero-order valence-corrected chi connectivity index (χ0v) is 14.3. The Balaban J connectivity index is 1.81. The molecule has 2 bridgehead atoms. The minimum absolute atomic E-state index is 0.292. The zero-order valence-electron chi connectivity index (χ0n) is 13.6. The molecule has 0 saturated heterocycles. The summed E-state index contributed by atoms with van der Waals surface area (Å²) < 4.78 is 0. The van der Waals surface area contributed by atoms with Crippen molar-refractivity contribution in [2.45, 2.75) is 29.3 Å². The number of halogens is 1. The van der Waals surface area contributed by atoms with Gasteiger partial charge in [0.25, 0.3) is 0 Å². The lowest BCUT2D eigenvalue weighted by molar-refractivity contribution is 0.256. The number of hydrogen-bond donors (Lipinski definition) is 0. The van der Waals surface area contributed by atoms with Gasteiger partial charge in [0.2, 0.25) is 0 Å². The minimum Gasteiger partial charge on any atom is -0.179 e. The Morgan fingerprint density at radius 2 is 1.42 bits per heavy atom. The fourth-order valence-corrected chi connectivity index (χ4v) is 5.96. The third-order valence-electron chi connectivity index (χ3n) is 6.41. The van der Waals surface area contributed by atoms with Gasteiger partial charge in [0.15, 0.2) is 0 Å². The number of fused-ring (bicyclic) bond motifs is 5. The van der Waals surface area contributed by atoms with Crippen LogP contribution in [0.3, 0.4) is 0 Å². The topological polar surface area (TPSA) is 24.7 Å². The molecule has 1 aliphatic heterocycles.